The lowest BCUT2D eigenvalue weighted by Gasteiger charge is -2.24. The van der Waals surface area contributed by atoms with E-state index in [-0.39, 0.29) is 18.3 Å². The summed E-state index contributed by atoms with van der Waals surface area (Å²) in [5.74, 6) is -0.0186. The highest BCUT2D eigenvalue weighted by molar-refractivity contribution is 7.15. The third kappa shape index (κ3) is 1.85. The van der Waals surface area contributed by atoms with Gasteiger partial charge in [-0.1, -0.05) is 11.6 Å². The van der Waals surface area contributed by atoms with Gasteiger partial charge in [0.05, 0.1) is 23.8 Å². The molecule has 0 bridgehead atoms. The molecule has 4 heterocycles. The Kier molecular flexibility index (Phi) is 2.76. The first-order valence-corrected chi connectivity index (χ1v) is 8.78. The number of ether oxygens (including phenoxy) is 1. The van der Waals surface area contributed by atoms with Gasteiger partial charge in [-0.15, -0.1) is 11.3 Å². The number of benzene rings is 1. The number of fused-ring (bicyclic) bond motifs is 4. The smallest absolute Gasteiger partial charge is 0.312 e. The van der Waals surface area contributed by atoms with E-state index in [9.17, 15) is 4.79 Å². The molecule has 0 radical (unpaired) electrons. The molecule has 1 atom stereocenters. The first kappa shape index (κ1) is 13.4. The molecule has 0 fully saturated rings. The molecule has 9 heteroatoms. The van der Waals surface area contributed by atoms with E-state index in [4.69, 9.17) is 16.3 Å². The Hall–Kier alpha value is -2.03. The molecule has 0 saturated heterocycles. The van der Waals surface area contributed by atoms with E-state index in [1.807, 2.05) is 22.0 Å². The third-order valence-electron chi connectivity index (χ3n) is 3.95. The summed E-state index contributed by atoms with van der Waals surface area (Å²) >= 11 is 9.01. The number of imidazole rings is 1. The molecule has 0 amide bonds. The molecule has 4 aromatic rings. The summed E-state index contributed by atoms with van der Waals surface area (Å²) in [5, 5.41) is 2.34. The molecule has 0 unspecified atom stereocenters. The molecule has 23 heavy (non-hydrogen) atoms. The van der Waals surface area contributed by atoms with E-state index in [1.165, 1.54) is 11.3 Å². The number of thiazole rings is 1. The Bertz CT molecular complexity index is 1080. The summed E-state index contributed by atoms with van der Waals surface area (Å²) < 4.78 is 16.0. The molecule has 6 nitrogen and oxygen atoms in total. The lowest BCUT2D eigenvalue weighted by atomic mass is 9.89. The minimum absolute atomic E-state index is 0.201. The van der Waals surface area contributed by atoms with Crippen molar-refractivity contribution in [3.8, 4) is 5.75 Å². The minimum atomic E-state index is -0.286. The molecular weight excluding hydrogens is 356 g/mol. The Morgan fingerprint density at radius 2 is 2.26 bits per heavy atom. The van der Waals surface area contributed by atoms with Crippen molar-refractivity contribution in [2.75, 3.05) is 0 Å². The third-order valence-corrected chi connectivity index (χ3v) is 5.53. The fraction of sp³-hybridized carbons (Fsp3) is 0.143. The number of aromatic nitrogens is 4. The van der Waals surface area contributed by atoms with Crippen molar-refractivity contribution in [2.45, 2.75) is 12.3 Å². The van der Waals surface area contributed by atoms with Gasteiger partial charge in [-0.2, -0.15) is 8.75 Å². The van der Waals surface area contributed by atoms with E-state index in [0.717, 1.165) is 39.0 Å². The minimum Gasteiger partial charge on any atom is -0.426 e. The van der Waals surface area contributed by atoms with Crippen molar-refractivity contribution in [3.63, 3.8) is 0 Å². The predicted molar refractivity (Wildman–Crippen MR) is 87.6 cm³/mol. The van der Waals surface area contributed by atoms with Gasteiger partial charge < -0.3 is 4.74 Å². The standard InChI is InChI=1S/C14H7ClN4O2S2/c15-13-12(19-3-4-22-14(19)16-13)6-5-9(20)21-8-2-1-7-11(10(6)8)18-23-17-7/h1-4,6H,5H2/t6-/m0/s1. The summed E-state index contributed by atoms with van der Waals surface area (Å²) in [6.07, 6.45) is 2.11. The summed E-state index contributed by atoms with van der Waals surface area (Å²) in [6, 6.07) is 3.58. The Labute approximate surface area is 142 Å². The fourth-order valence-electron chi connectivity index (χ4n) is 3.03. The second-order valence-electron chi connectivity index (χ2n) is 5.18. The molecule has 5 rings (SSSR count). The van der Waals surface area contributed by atoms with Crippen LogP contribution in [0.25, 0.3) is 16.0 Å². The van der Waals surface area contributed by atoms with E-state index < -0.39 is 0 Å². The number of nitrogens with zero attached hydrogens (tertiary/aromatic N) is 4. The molecule has 3 aromatic heterocycles. The zero-order valence-electron chi connectivity index (χ0n) is 11.4. The van der Waals surface area contributed by atoms with E-state index in [0.29, 0.717) is 10.9 Å². The first-order chi connectivity index (χ1) is 11.2. The van der Waals surface area contributed by atoms with Gasteiger partial charge in [0.15, 0.2) is 10.1 Å². The molecular formula is C14H7ClN4O2S2. The number of halogens is 1. The Morgan fingerprint density at radius 1 is 1.35 bits per heavy atom. The summed E-state index contributed by atoms with van der Waals surface area (Å²) in [6.45, 7) is 0. The summed E-state index contributed by atoms with van der Waals surface area (Å²) in [5.41, 5.74) is 3.19. The van der Waals surface area contributed by atoms with Crippen molar-refractivity contribution < 1.29 is 9.53 Å². The first-order valence-electron chi connectivity index (χ1n) is 6.79. The van der Waals surface area contributed by atoms with Crippen LogP contribution in [0.3, 0.4) is 0 Å². The number of carbonyl (C=O) groups is 1. The lowest BCUT2D eigenvalue weighted by Crippen LogP contribution is -2.22. The average molecular weight is 363 g/mol. The Morgan fingerprint density at radius 3 is 3.17 bits per heavy atom. The van der Waals surface area contributed by atoms with Crippen molar-refractivity contribution in [1.82, 2.24) is 18.1 Å². The highest BCUT2D eigenvalue weighted by Crippen LogP contribution is 2.44. The molecule has 0 aliphatic carbocycles. The van der Waals surface area contributed by atoms with E-state index in [1.54, 1.807) is 6.07 Å². The van der Waals surface area contributed by atoms with Crippen LogP contribution in [-0.2, 0) is 4.79 Å². The van der Waals surface area contributed by atoms with Gasteiger partial charge >= 0.3 is 5.97 Å². The largest absolute Gasteiger partial charge is 0.426 e. The van der Waals surface area contributed by atoms with Crippen molar-refractivity contribution in [3.05, 3.63) is 40.1 Å². The van der Waals surface area contributed by atoms with Gasteiger partial charge in [-0.05, 0) is 12.1 Å². The maximum absolute atomic E-state index is 12.1. The zero-order valence-corrected chi connectivity index (χ0v) is 13.8. The second-order valence-corrected chi connectivity index (χ2v) is 6.94. The maximum Gasteiger partial charge on any atom is 0.312 e. The van der Waals surface area contributed by atoms with Gasteiger partial charge in [0.1, 0.15) is 16.8 Å². The summed E-state index contributed by atoms with van der Waals surface area (Å²) in [4.78, 5) is 17.2. The Balaban J connectivity index is 1.85. The van der Waals surface area contributed by atoms with Gasteiger partial charge in [0.2, 0.25) is 0 Å². The van der Waals surface area contributed by atoms with Crippen molar-refractivity contribution >= 4 is 56.6 Å². The van der Waals surface area contributed by atoms with Crippen LogP contribution >= 0.6 is 34.7 Å². The number of hydrogen-bond acceptors (Lipinski definition) is 7. The number of carbonyl (C=O) groups excluding carboxylic acids is 1. The number of hydrogen-bond donors (Lipinski definition) is 0. The quantitative estimate of drug-likeness (QED) is 0.383. The van der Waals surface area contributed by atoms with Gasteiger partial charge in [0.25, 0.3) is 0 Å². The van der Waals surface area contributed by atoms with Crippen LogP contribution in [0, 0.1) is 0 Å². The lowest BCUT2D eigenvalue weighted by molar-refractivity contribution is -0.135. The summed E-state index contributed by atoms with van der Waals surface area (Å²) in [7, 11) is 0. The van der Waals surface area contributed by atoms with Crippen molar-refractivity contribution in [2.24, 2.45) is 0 Å². The molecule has 1 aliphatic heterocycles. The monoisotopic (exact) mass is 362 g/mol. The zero-order chi connectivity index (χ0) is 15.6. The van der Waals surface area contributed by atoms with Crippen LogP contribution in [0.15, 0.2) is 23.7 Å². The normalized spacial score (nSPS) is 17.6. The predicted octanol–water partition coefficient (Wildman–Crippen LogP) is 3.49. The van der Waals surface area contributed by atoms with Crippen LogP contribution < -0.4 is 4.74 Å². The molecule has 1 aliphatic rings. The average Bonchev–Trinajstić information content (AvgIpc) is 3.20. The number of esters is 1. The molecule has 0 spiro atoms. The van der Waals surface area contributed by atoms with E-state index in [2.05, 4.69) is 13.7 Å². The van der Waals surface area contributed by atoms with Crippen LogP contribution in [0.4, 0.5) is 0 Å². The maximum atomic E-state index is 12.1. The van der Waals surface area contributed by atoms with Crippen LogP contribution in [-0.4, -0.2) is 24.1 Å². The highest BCUT2D eigenvalue weighted by Gasteiger charge is 2.35. The molecule has 114 valence electrons. The van der Waals surface area contributed by atoms with Crippen LogP contribution in [0.5, 0.6) is 5.75 Å². The topological polar surface area (TPSA) is 69.4 Å². The van der Waals surface area contributed by atoms with E-state index >= 15 is 0 Å². The number of rotatable bonds is 1. The fourth-order valence-corrected chi connectivity index (χ4v) is 4.66. The van der Waals surface area contributed by atoms with Crippen LogP contribution in [0.2, 0.25) is 5.15 Å². The molecule has 1 aromatic carbocycles. The van der Waals surface area contributed by atoms with Gasteiger partial charge in [-0.25, -0.2) is 4.98 Å². The van der Waals surface area contributed by atoms with Crippen LogP contribution in [0.1, 0.15) is 23.6 Å². The second kappa shape index (κ2) is 4.73. The molecule has 0 saturated carbocycles. The van der Waals surface area contributed by atoms with Crippen molar-refractivity contribution in [1.29, 1.82) is 0 Å². The SMILES string of the molecule is O=C1C[C@H](c2c(Cl)nc3sccn23)c2c(ccc3nsnc23)O1. The highest BCUT2D eigenvalue weighted by atomic mass is 35.5. The van der Waals surface area contributed by atoms with Gasteiger partial charge in [-0.3, -0.25) is 9.20 Å². The molecule has 0 N–H and O–H groups in total. The van der Waals surface area contributed by atoms with Gasteiger partial charge in [0, 0.05) is 23.1 Å².